The van der Waals surface area contributed by atoms with Gasteiger partial charge in [-0.1, -0.05) is 29.3 Å². The predicted molar refractivity (Wildman–Crippen MR) is 205 cm³/mol. The van der Waals surface area contributed by atoms with E-state index in [4.69, 9.17) is 16.3 Å². The molecule has 0 bridgehead atoms. The van der Waals surface area contributed by atoms with Crippen molar-refractivity contribution >= 4 is 63.7 Å². The summed E-state index contributed by atoms with van der Waals surface area (Å²) >= 11 is 6.10. The first kappa shape index (κ1) is 36.1. The fourth-order valence-electron chi connectivity index (χ4n) is 9.01. The molecule has 8 rings (SSSR count). The summed E-state index contributed by atoms with van der Waals surface area (Å²) in [6.45, 7) is 1.73. The Kier molecular flexibility index (Phi) is 8.83. The number of nitrogens with zero attached hydrogens (tertiary/aromatic N) is 5. The maximum absolute atomic E-state index is 14.6. The normalized spacial score (nSPS) is 25.9. The lowest BCUT2D eigenvalue weighted by molar-refractivity contribution is -0.131. The number of methoxy groups -OCH3 is 1. The summed E-state index contributed by atoms with van der Waals surface area (Å²) in [6.07, 6.45) is 2.30. The molecule has 4 aromatic carbocycles. The van der Waals surface area contributed by atoms with Crippen LogP contribution in [0.1, 0.15) is 31.2 Å². The molecule has 2 aliphatic heterocycles. The minimum absolute atomic E-state index is 0.125. The van der Waals surface area contributed by atoms with Crippen LogP contribution < -0.4 is 19.4 Å². The molecule has 4 aliphatic rings. The Morgan fingerprint density at radius 2 is 1.49 bits per heavy atom. The predicted octanol–water partition coefficient (Wildman–Crippen LogP) is 8.11. The standard InChI is InChI=1S/C42H37ClFN5O6/c1-42-31(39(52)49(41(42)54)27-14-17-33(44)32(43)20-27)21-30-28(37(42)22-5-18-35(55-4)34(50)19-22)15-16-29-36(30)40(53)48(38(29)51)26-12-8-24(9-13-26)46-45-23-6-10-25(11-7-23)47(2)3/h5-15,17-20,29-31,36-37,50H,16,21H2,1-4H3/t29-,30+,31-,36-,37-,42+/m0/s1. The van der Waals surface area contributed by atoms with E-state index in [1.165, 1.54) is 30.2 Å². The van der Waals surface area contributed by atoms with Crippen LogP contribution in [0.25, 0.3) is 0 Å². The monoisotopic (exact) mass is 761 g/mol. The van der Waals surface area contributed by atoms with Crippen LogP contribution in [0.2, 0.25) is 5.02 Å². The van der Waals surface area contributed by atoms with Crippen LogP contribution in [0.5, 0.6) is 11.5 Å². The van der Waals surface area contributed by atoms with E-state index in [0.29, 0.717) is 22.6 Å². The molecule has 2 heterocycles. The lowest BCUT2D eigenvalue weighted by atomic mass is 9.51. The largest absolute Gasteiger partial charge is 0.504 e. The van der Waals surface area contributed by atoms with Gasteiger partial charge in [0.25, 0.3) is 0 Å². The van der Waals surface area contributed by atoms with Gasteiger partial charge in [0.15, 0.2) is 11.5 Å². The van der Waals surface area contributed by atoms with E-state index in [2.05, 4.69) is 10.2 Å². The van der Waals surface area contributed by atoms with Gasteiger partial charge in [0, 0.05) is 25.7 Å². The zero-order valence-electron chi connectivity index (χ0n) is 30.4. The summed E-state index contributed by atoms with van der Waals surface area (Å²) in [5.41, 5.74) is 2.70. The van der Waals surface area contributed by atoms with Crippen molar-refractivity contribution in [2.45, 2.75) is 25.7 Å². The number of ether oxygens (including phenoxy) is 1. The molecule has 1 saturated carbocycles. The first-order valence-electron chi connectivity index (χ1n) is 17.9. The van der Waals surface area contributed by atoms with Crippen LogP contribution in [0, 0.1) is 34.9 Å². The summed E-state index contributed by atoms with van der Waals surface area (Å²) in [5, 5.41) is 19.3. The number of phenolic OH excluding ortho intramolecular Hbond substituents is 1. The number of imide groups is 2. The maximum Gasteiger partial charge on any atom is 0.241 e. The average Bonchev–Trinajstić information content (AvgIpc) is 3.54. The van der Waals surface area contributed by atoms with Gasteiger partial charge in [-0.25, -0.2) is 9.29 Å². The second-order valence-corrected chi connectivity index (χ2v) is 15.2. The third-order valence-electron chi connectivity index (χ3n) is 11.7. The second-order valence-electron chi connectivity index (χ2n) is 14.8. The number of benzene rings is 4. The van der Waals surface area contributed by atoms with E-state index >= 15 is 0 Å². The van der Waals surface area contributed by atoms with Gasteiger partial charge in [0.1, 0.15) is 5.82 Å². The number of carbonyl (C=O) groups excluding carboxylic acids is 4. The Morgan fingerprint density at radius 1 is 0.836 bits per heavy atom. The highest BCUT2D eigenvalue weighted by Gasteiger charge is 2.67. The van der Waals surface area contributed by atoms with Crippen molar-refractivity contribution in [1.82, 2.24) is 0 Å². The molecule has 13 heteroatoms. The second kappa shape index (κ2) is 13.5. The molecule has 4 amide bonds. The van der Waals surface area contributed by atoms with Crippen molar-refractivity contribution in [3.05, 3.63) is 113 Å². The fourth-order valence-corrected chi connectivity index (χ4v) is 9.18. The Bertz CT molecular complexity index is 2330. The number of aromatic hydroxyl groups is 1. The number of hydrogen-bond acceptors (Lipinski definition) is 9. The topological polar surface area (TPSA) is 132 Å². The van der Waals surface area contributed by atoms with Gasteiger partial charge >= 0.3 is 0 Å². The number of allylic oxidation sites excluding steroid dienone is 2. The third kappa shape index (κ3) is 5.69. The lowest BCUT2D eigenvalue weighted by Crippen LogP contribution is -2.48. The number of hydrogen-bond donors (Lipinski definition) is 1. The Labute approximate surface area is 321 Å². The van der Waals surface area contributed by atoms with Crippen molar-refractivity contribution in [3.8, 4) is 11.5 Å². The summed E-state index contributed by atoms with van der Waals surface area (Å²) in [6, 6.07) is 22.8. The van der Waals surface area contributed by atoms with E-state index in [1.54, 1.807) is 43.3 Å². The van der Waals surface area contributed by atoms with E-state index in [9.17, 15) is 28.7 Å². The van der Waals surface area contributed by atoms with Gasteiger partial charge in [-0.15, -0.1) is 0 Å². The molecule has 0 spiro atoms. The Morgan fingerprint density at radius 3 is 2.11 bits per heavy atom. The summed E-state index contributed by atoms with van der Waals surface area (Å²) in [5.74, 6) is -6.10. The molecule has 0 radical (unpaired) electrons. The average molecular weight is 762 g/mol. The van der Waals surface area contributed by atoms with Crippen LogP contribution in [0.4, 0.5) is 32.8 Å². The molecule has 55 heavy (non-hydrogen) atoms. The molecule has 0 aromatic heterocycles. The highest BCUT2D eigenvalue weighted by Crippen LogP contribution is 2.64. The van der Waals surface area contributed by atoms with Crippen LogP contribution >= 0.6 is 11.6 Å². The highest BCUT2D eigenvalue weighted by atomic mass is 35.5. The minimum atomic E-state index is -1.36. The van der Waals surface area contributed by atoms with Gasteiger partial charge in [-0.05, 0) is 110 Å². The molecule has 280 valence electrons. The van der Waals surface area contributed by atoms with Crippen LogP contribution in [0.15, 0.2) is 107 Å². The maximum atomic E-state index is 14.6. The Balaban J connectivity index is 1.13. The van der Waals surface area contributed by atoms with E-state index in [0.717, 1.165) is 22.2 Å². The molecule has 0 unspecified atom stereocenters. The number of fused-ring (bicyclic) bond motifs is 4. The SMILES string of the molecule is COc1ccc([C@H]2C3=CC[C@@H]4C(=O)N(c5ccc(N=Nc6ccc(N(C)C)cc6)cc5)C(=O)[C@@H]4[C@@H]3C[C@H]3C(=O)N(c4ccc(F)c(Cl)c4)C(=O)[C@@]23C)cc1O. The minimum Gasteiger partial charge on any atom is -0.504 e. The summed E-state index contributed by atoms with van der Waals surface area (Å²) < 4.78 is 19.5. The zero-order chi connectivity index (χ0) is 38.9. The van der Waals surface area contributed by atoms with Crippen LogP contribution in [0.3, 0.4) is 0 Å². The molecule has 2 saturated heterocycles. The van der Waals surface area contributed by atoms with Gasteiger partial charge in [0.05, 0.1) is 58.1 Å². The number of rotatable bonds is 7. The zero-order valence-corrected chi connectivity index (χ0v) is 31.2. The number of halogens is 2. The number of amides is 4. The van der Waals surface area contributed by atoms with Crippen molar-refractivity contribution < 1.29 is 33.4 Å². The third-order valence-corrected chi connectivity index (χ3v) is 12.0. The van der Waals surface area contributed by atoms with E-state index in [1.807, 2.05) is 49.3 Å². The smallest absolute Gasteiger partial charge is 0.241 e. The number of anilines is 3. The van der Waals surface area contributed by atoms with Crippen molar-refractivity contribution in [3.63, 3.8) is 0 Å². The number of azo groups is 1. The highest BCUT2D eigenvalue weighted by molar-refractivity contribution is 6.32. The molecule has 11 nitrogen and oxygen atoms in total. The molecular formula is C42H37ClFN5O6. The Hall–Kier alpha value is -5.88. The molecule has 3 fully saturated rings. The molecule has 4 aromatic rings. The fraction of sp³-hybridized carbons (Fsp3) is 0.286. The summed E-state index contributed by atoms with van der Waals surface area (Å²) in [4.78, 5) is 61.8. The molecule has 2 aliphatic carbocycles. The van der Waals surface area contributed by atoms with Crippen molar-refractivity contribution in [2.75, 3.05) is 35.9 Å². The van der Waals surface area contributed by atoms with Crippen molar-refractivity contribution in [1.29, 1.82) is 0 Å². The number of carbonyl (C=O) groups is 4. The molecular weight excluding hydrogens is 725 g/mol. The lowest BCUT2D eigenvalue weighted by Gasteiger charge is -2.49. The summed E-state index contributed by atoms with van der Waals surface area (Å²) in [7, 11) is 5.33. The van der Waals surface area contributed by atoms with Gasteiger partial charge in [0.2, 0.25) is 23.6 Å². The molecule has 1 N–H and O–H groups in total. The van der Waals surface area contributed by atoms with Crippen LogP contribution in [-0.2, 0) is 19.2 Å². The van der Waals surface area contributed by atoms with Gasteiger partial charge < -0.3 is 14.7 Å². The quantitative estimate of drug-likeness (QED) is 0.114. The van der Waals surface area contributed by atoms with Crippen LogP contribution in [-0.4, -0.2) is 49.9 Å². The first-order valence-corrected chi connectivity index (χ1v) is 18.3. The molecule has 6 atom stereocenters. The van der Waals surface area contributed by atoms with Crippen molar-refractivity contribution in [2.24, 2.45) is 39.3 Å². The first-order chi connectivity index (χ1) is 26.3. The van der Waals surface area contributed by atoms with E-state index in [-0.39, 0.29) is 46.9 Å². The van der Waals surface area contributed by atoms with Gasteiger partial charge in [-0.3, -0.25) is 24.1 Å². The number of phenols is 1. The van der Waals surface area contributed by atoms with Gasteiger partial charge in [-0.2, -0.15) is 10.2 Å². The van der Waals surface area contributed by atoms with E-state index < -0.39 is 52.6 Å².